The molecule has 15 heteroatoms. The monoisotopic (exact) mass is 658 g/mol. The maximum Gasteiger partial charge on any atom is 0.230 e. The lowest BCUT2D eigenvalue weighted by Gasteiger charge is -2.09. The van der Waals surface area contributed by atoms with Crippen molar-refractivity contribution in [3.63, 3.8) is 0 Å². The zero-order valence-corrected chi connectivity index (χ0v) is 27.3. The molecule has 2 atom stereocenters. The molecule has 0 saturated carbocycles. The van der Waals surface area contributed by atoms with Gasteiger partial charge in [0.15, 0.2) is 29.2 Å². The molecule has 0 aliphatic carbocycles. The Labute approximate surface area is 267 Å². The number of amides is 1. The fourth-order valence-corrected chi connectivity index (χ4v) is 7.02. The SMILES string of the molecule is COc1ccc(CC(=O)Nc2nnc(CCSCCc3nnc(NC4OC4Cc4ccc(OC)c(OC)c4)s3)s2)cc1OC. The number of carbonyl (C=O) groups is 1. The van der Waals surface area contributed by atoms with Crippen molar-refractivity contribution < 1.29 is 28.5 Å². The topological polar surface area (TPSA) is 142 Å². The number of nitrogens with zero attached hydrogens (tertiary/aromatic N) is 4. The van der Waals surface area contributed by atoms with Crippen LogP contribution in [-0.4, -0.2) is 78.6 Å². The van der Waals surface area contributed by atoms with Crippen molar-refractivity contribution in [3.8, 4) is 23.0 Å². The van der Waals surface area contributed by atoms with Crippen LogP contribution in [0.2, 0.25) is 0 Å². The first kappa shape index (κ1) is 31.8. The zero-order chi connectivity index (χ0) is 30.9. The maximum absolute atomic E-state index is 12.5. The minimum atomic E-state index is -0.165. The first-order valence-corrected chi connectivity index (χ1v) is 16.6. The molecular weight excluding hydrogens is 625 g/mol. The van der Waals surface area contributed by atoms with E-state index in [1.54, 1.807) is 51.9 Å². The summed E-state index contributed by atoms with van der Waals surface area (Å²) in [4.78, 5) is 12.5. The molecule has 2 aromatic carbocycles. The third-order valence-corrected chi connectivity index (χ3v) is 9.44. The second-order valence-electron chi connectivity index (χ2n) is 9.66. The van der Waals surface area contributed by atoms with Crippen molar-refractivity contribution in [1.82, 2.24) is 20.4 Å². The highest BCUT2D eigenvalue weighted by Gasteiger charge is 2.39. The van der Waals surface area contributed by atoms with E-state index in [4.69, 9.17) is 23.7 Å². The van der Waals surface area contributed by atoms with Crippen molar-refractivity contribution in [2.45, 2.75) is 38.0 Å². The molecule has 3 heterocycles. The van der Waals surface area contributed by atoms with Gasteiger partial charge in [0.2, 0.25) is 16.2 Å². The second kappa shape index (κ2) is 15.4. The number of ether oxygens (including phenoxy) is 5. The van der Waals surface area contributed by atoms with Crippen molar-refractivity contribution in [3.05, 3.63) is 57.5 Å². The van der Waals surface area contributed by atoms with E-state index in [1.807, 2.05) is 36.0 Å². The van der Waals surface area contributed by atoms with Crippen molar-refractivity contribution >= 4 is 50.6 Å². The minimum absolute atomic E-state index is 0.0720. The van der Waals surface area contributed by atoms with Crippen LogP contribution in [0.4, 0.5) is 10.3 Å². The second-order valence-corrected chi connectivity index (χ2v) is 13.0. The maximum atomic E-state index is 12.5. The van der Waals surface area contributed by atoms with Crippen LogP contribution >= 0.6 is 34.4 Å². The van der Waals surface area contributed by atoms with E-state index in [9.17, 15) is 4.79 Å². The Morgan fingerprint density at radius 1 is 0.795 bits per heavy atom. The molecule has 1 saturated heterocycles. The zero-order valence-electron chi connectivity index (χ0n) is 24.8. The molecule has 12 nitrogen and oxygen atoms in total. The van der Waals surface area contributed by atoms with Gasteiger partial charge in [-0.15, -0.1) is 20.4 Å². The van der Waals surface area contributed by atoms with Crippen LogP contribution in [0.5, 0.6) is 23.0 Å². The molecule has 0 spiro atoms. The predicted octanol–water partition coefficient (Wildman–Crippen LogP) is 4.50. The summed E-state index contributed by atoms with van der Waals surface area (Å²) in [7, 11) is 6.40. The average molecular weight is 659 g/mol. The average Bonchev–Trinajstić information content (AvgIpc) is 3.36. The number of epoxide rings is 1. The Kier molecular flexibility index (Phi) is 11.1. The summed E-state index contributed by atoms with van der Waals surface area (Å²) in [5, 5.41) is 26.2. The molecular formula is C29H34N6O6S3. The Hall–Kier alpha value is -3.66. The van der Waals surface area contributed by atoms with Gasteiger partial charge in [-0.25, -0.2) is 0 Å². The van der Waals surface area contributed by atoms with Gasteiger partial charge in [0.1, 0.15) is 16.1 Å². The molecule has 0 radical (unpaired) electrons. The summed E-state index contributed by atoms with van der Waals surface area (Å²) in [5.41, 5.74) is 1.93. The van der Waals surface area contributed by atoms with Gasteiger partial charge in [0, 0.05) is 19.3 Å². The quantitative estimate of drug-likeness (QED) is 0.122. The van der Waals surface area contributed by atoms with Crippen molar-refractivity contribution in [2.24, 2.45) is 0 Å². The smallest absolute Gasteiger partial charge is 0.230 e. The number of anilines is 2. The molecule has 1 aliphatic heterocycles. The standard InChI is InChI=1S/C29H34N6O6S3/c1-37-19-7-5-17(13-21(19)39-3)15-23-27(41-23)31-29-35-33-26(44-29)10-12-42-11-9-25-32-34-28(43-25)30-24(36)16-18-6-8-20(38-2)22(14-18)40-4/h5-8,13-14,23,27H,9-12,15-16H2,1-4H3,(H,31,35)(H,30,34,36). The van der Waals surface area contributed by atoms with Crippen LogP contribution in [0.1, 0.15) is 21.1 Å². The Morgan fingerprint density at radius 3 is 2.00 bits per heavy atom. The molecule has 5 rings (SSSR count). The number of aryl methyl sites for hydroxylation is 2. The minimum Gasteiger partial charge on any atom is -0.493 e. The molecule has 4 aromatic rings. The first-order chi connectivity index (χ1) is 21.5. The number of carbonyl (C=O) groups excluding carboxylic acids is 1. The molecule has 2 N–H and O–H groups in total. The van der Waals surface area contributed by atoms with Gasteiger partial charge >= 0.3 is 0 Å². The molecule has 0 bridgehead atoms. The number of benzene rings is 2. The number of methoxy groups -OCH3 is 4. The number of hydrogen-bond donors (Lipinski definition) is 2. The Balaban J connectivity index is 0.970. The van der Waals surface area contributed by atoms with Gasteiger partial charge in [0.05, 0.1) is 34.9 Å². The van der Waals surface area contributed by atoms with E-state index < -0.39 is 0 Å². The highest BCUT2D eigenvalue weighted by Crippen LogP contribution is 2.33. The van der Waals surface area contributed by atoms with Gasteiger partial charge in [-0.2, -0.15) is 11.8 Å². The van der Waals surface area contributed by atoms with Crippen LogP contribution in [0.15, 0.2) is 36.4 Å². The van der Waals surface area contributed by atoms with E-state index >= 15 is 0 Å². The van der Waals surface area contributed by atoms with Crippen LogP contribution in [0, 0.1) is 0 Å². The predicted molar refractivity (Wildman–Crippen MR) is 172 cm³/mol. The lowest BCUT2D eigenvalue weighted by atomic mass is 10.1. The van der Waals surface area contributed by atoms with Gasteiger partial charge < -0.3 is 34.3 Å². The van der Waals surface area contributed by atoms with Crippen molar-refractivity contribution in [1.29, 1.82) is 0 Å². The largest absolute Gasteiger partial charge is 0.493 e. The highest BCUT2D eigenvalue weighted by molar-refractivity contribution is 7.99. The number of nitrogens with one attached hydrogen (secondary N) is 2. The number of rotatable bonds is 17. The first-order valence-electron chi connectivity index (χ1n) is 13.8. The van der Waals surface area contributed by atoms with Gasteiger partial charge in [-0.1, -0.05) is 34.8 Å². The summed E-state index contributed by atoms with van der Waals surface area (Å²) in [6, 6.07) is 11.3. The molecule has 44 heavy (non-hydrogen) atoms. The van der Waals surface area contributed by atoms with Crippen molar-refractivity contribution in [2.75, 3.05) is 50.6 Å². The summed E-state index contributed by atoms with van der Waals surface area (Å²) >= 11 is 4.77. The van der Waals surface area contributed by atoms with Gasteiger partial charge in [-0.05, 0) is 46.9 Å². The number of hydrogen-bond acceptors (Lipinski definition) is 14. The van der Waals surface area contributed by atoms with Gasteiger partial charge in [0.25, 0.3) is 0 Å². The van der Waals surface area contributed by atoms with Crippen LogP contribution in [-0.2, 0) is 35.2 Å². The van der Waals surface area contributed by atoms with Crippen LogP contribution in [0.3, 0.4) is 0 Å². The number of aromatic nitrogens is 4. The summed E-state index contributed by atoms with van der Waals surface area (Å²) in [5.74, 6) is 4.27. The van der Waals surface area contributed by atoms with E-state index in [-0.39, 0.29) is 24.7 Å². The normalized spacial score (nSPS) is 15.5. The van der Waals surface area contributed by atoms with Gasteiger partial charge in [-0.3, -0.25) is 4.79 Å². The van der Waals surface area contributed by atoms with E-state index in [0.717, 1.165) is 57.0 Å². The summed E-state index contributed by atoms with van der Waals surface area (Å²) < 4.78 is 27.0. The molecule has 2 unspecified atom stereocenters. The lowest BCUT2D eigenvalue weighted by Crippen LogP contribution is -2.14. The van der Waals surface area contributed by atoms with Crippen LogP contribution in [0.25, 0.3) is 0 Å². The molecule has 1 amide bonds. The Morgan fingerprint density at radius 2 is 1.36 bits per heavy atom. The molecule has 234 valence electrons. The Bertz CT molecular complexity index is 1550. The molecule has 1 aliphatic rings. The van der Waals surface area contributed by atoms with E-state index in [1.165, 1.54) is 11.3 Å². The third kappa shape index (κ3) is 8.71. The van der Waals surface area contributed by atoms with Crippen LogP contribution < -0.4 is 29.6 Å². The molecule has 1 fully saturated rings. The highest BCUT2D eigenvalue weighted by atomic mass is 32.2. The summed E-state index contributed by atoms with van der Waals surface area (Å²) in [6.07, 6.45) is 2.56. The summed E-state index contributed by atoms with van der Waals surface area (Å²) in [6.45, 7) is 0. The van der Waals surface area contributed by atoms with E-state index in [0.29, 0.717) is 28.1 Å². The fourth-order valence-electron chi connectivity index (χ4n) is 4.37. The third-order valence-electron chi connectivity index (χ3n) is 6.65. The fraction of sp³-hybridized carbons (Fsp3) is 0.414. The number of thioether (sulfide) groups is 1. The lowest BCUT2D eigenvalue weighted by molar-refractivity contribution is -0.115. The van der Waals surface area contributed by atoms with E-state index in [2.05, 4.69) is 31.0 Å². The molecule has 2 aromatic heterocycles.